The molecule has 1 aliphatic heterocycles. The quantitative estimate of drug-likeness (QED) is 0.333. The summed E-state index contributed by atoms with van der Waals surface area (Å²) >= 11 is 7.43. The van der Waals surface area contributed by atoms with Crippen molar-refractivity contribution in [3.8, 4) is 10.7 Å². The maximum Gasteiger partial charge on any atom is 0.258 e. The maximum atomic E-state index is 5.84. The fraction of sp³-hybridized carbons (Fsp3) is 0.192. The second kappa shape index (κ2) is 8.92. The SMILES string of the molecule is CCc1ccc(C2NC(=S)N(c3cccc(C)c3)C(C)=C2c2nc(-c3cccs3)no2)cc1. The second-order valence-corrected chi connectivity index (χ2v) is 9.39. The van der Waals surface area contributed by atoms with Gasteiger partial charge < -0.3 is 9.84 Å². The van der Waals surface area contributed by atoms with Crippen LogP contribution in [0.25, 0.3) is 16.3 Å². The van der Waals surface area contributed by atoms with Crippen LogP contribution in [-0.4, -0.2) is 15.3 Å². The molecule has 7 heteroatoms. The predicted molar refractivity (Wildman–Crippen MR) is 138 cm³/mol. The van der Waals surface area contributed by atoms with E-state index in [1.54, 1.807) is 11.3 Å². The van der Waals surface area contributed by atoms with E-state index >= 15 is 0 Å². The van der Waals surface area contributed by atoms with Gasteiger partial charge in [-0.15, -0.1) is 11.3 Å². The van der Waals surface area contributed by atoms with E-state index in [9.17, 15) is 0 Å². The highest BCUT2D eigenvalue weighted by Crippen LogP contribution is 2.39. The van der Waals surface area contributed by atoms with Gasteiger partial charge in [0.2, 0.25) is 5.82 Å². The molecule has 2 aromatic heterocycles. The number of thiophene rings is 1. The normalized spacial score (nSPS) is 16.3. The Morgan fingerprint density at radius 1 is 1.09 bits per heavy atom. The third kappa shape index (κ3) is 4.10. The number of aromatic nitrogens is 2. The van der Waals surface area contributed by atoms with Crippen molar-refractivity contribution in [2.24, 2.45) is 0 Å². The van der Waals surface area contributed by atoms with E-state index in [0.717, 1.165) is 33.8 Å². The molecule has 0 spiro atoms. The summed E-state index contributed by atoms with van der Waals surface area (Å²) in [5.74, 6) is 1.09. The van der Waals surface area contributed by atoms with Gasteiger partial charge in [0.05, 0.1) is 16.5 Å². The lowest BCUT2D eigenvalue weighted by Crippen LogP contribution is -2.46. The largest absolute Gasteiger partial charge is 0.351 e. The van der Waals surface area contributed by atoms with Crippen molar-refractivity contribution >= 4 is 39.9 Å². The van der Waals surface area contributed by atoms with E-state index in [1.807, 2.05) is 28.5 Å². The van der Waals surface area contributed by atoms with Gasteiger partial charge in [0.25, 0.3) is 5.89 Å². The fourth-order valence-electron chi connectivity index (χ4n) is 4.13. The summed E-state index contributed by atoms with van der Waals surface area (Å²) in [7, 11) is 0. The lowest BCUT2D eigenvalue weighted by atomic mass is 9.93. The number of hydrogen-bond donors (Lipinski definition) is 1. The lowest BCUT2D eigenvalue weighted by molar-refractivity contribution is 0.404. The molecule has 0 saturated carbocycles. The standard InChI is InChI=1S/C26H24N4OS2/c1-4-18-10-12-19(13-11-18)23-22(25-28-24(29-31-25)21-9-6-14-33-21)17(3)30(26(32)27-23)20-8-5-7-16(2)15-20/h5-15,23H,4H2,1-3H3,(H,27,32). The molecule has 0 fully saturated rings. The molecule has 0 aliphatic carbocycles. The fourth-order valence-corrected chi connectivity index (χ4v) is 5.14. The number of nitrogens with one attached hydrogen (secondary N) is 1. The minimum absolute atomic E-state index is 0.193. The van der Waals surface area contributed by atoms with Crippen molar-refractivity contribution in [2.45, 2.75) is 33.2 Å². The summed E-state index contributed by atoms with van der Waals surface area (Å²) in [6, 6.07) is 20.7. The highest BCUT2D eigenvalue weighted by atomic mass is 32.1. The van der Waals surface area contributed by atoms with Gasteiger partial charge in [-0.05, 0) is 72.8 Å². The Kier molecular flexibility index (Phi) is 5.83. The Labute approximate surface area is 202 Å². The summed E-state index contributed by atoms with van der Waals surface area (Å²) in [5.41, 5.74) is 6.45. The van der Waals surface area contributed by atoms with Crippen LogP contribution in [0.2, 0.25) is 0 Å². The summed E-state index contributed by atoms with van der Waals surface area (Å²) in [4.78, 5) is 7.79. The molecule has 3 heterocycles. The molecule has 2 aromatic carbocycles. The lowest BCUT2D eigenvalue weighted by Gasteiger charge is -2.37. The van der Waals surface area contributed by atoms with Crippen LogP contribution in [-0.2, 0) is 6.42 Å². The van der Waals surface area contributed by atoms with Crippen LogP contribution in [0.15, 0.2) is 76.3 Å². The van der Waals surface area contributed by atoms with E-state index in [1.165, 1.54) is 11.1 Å². The maximum absolute atomic E-state index is 5.84. The molecule has 0 bridgehead atoms. The molecule has 0 saturated heterocycles. The molecule has 0 amide bonds. The first-order valence-corrected chi connectivity index (χ1v) is 12.2. The van der Waals surface area contributed by atoms with Crippen molar-refractivity contribution < 1.29 is 4.52 Å². The number of aryl methyl sites for hydroxylation is 2. The Balaban J connectivity index is 1.65. The summed E-state index contributed by atoms with van der Waals surface area (Å²) in [6.07, 6.45) is 0.994. The third-order valence-electron chi connectivity index (χ3n) is 5.86. The van der Waals surface area contributed by atoms with Crippen LogP contribution >= 0.6 is 23.6 Å². The number of allylic oxidation sites excluding steroid dienone is 1. The number of hydrogen-bond acceptors (Lipinski definition) is 5. The zero-order valence-corrected chi connectivity index (χ0v) is 20.3. The van der Waals surface area contributed by atoms with Gasteiger partial charge >= 0.3 is 0 Å². The molecule has 1 atom stereocenters. The Morgan fingerprint density at radius 3 is 2.61 bits per heavy atom. The van der Waals surface area contributed by atoms with Gasteiger partial charge in [-0.25, -0.2) is 0 Å². The van der Waals surface area contributed by atoms with Crippen molar-refractivity contribution in [3.63, 3.8) is 0 Å². The summed E-state index contributed by atoms with van der Waals surface area (Å²) < 4.78 is 5.82. The molecule has 4 aromatic rings. The Bertz CT molecular complexity index is 1320. The zero-order valence-electron chi connectivity index (χ0n) is 18.7. The monoisotopic (exact) mass is 472 g/mol. The van der Waals surface area contributed by atoms with E-state index in [-0.39, 0.29) is 6.04 Å². The summed E-state index contributed by atoms with van der Waals surface area (Å²) in [6.45, 7) is 6.29. The minimum Gasteiger partial charge on any atom is -0.351 e. The van der Waals surface area contributed by atoms with Crippen LogP contribution in [0.3, 0.4) is 0 Å². The molecule has 1 unspecified atom stereocenters. The average Bonchev–Trinajstić information content (AvgIpc) is 3.51. The van der Waals surface area contributed by atoms with Crippen molar-refractivity contribution in [2.75, 3.05) is 4.90 Å². The van der Waals surface area contributed by atoms with Crippen LogP contribution in [0.4, 0.5) is 5.69 Å². The van der Waals surface area contributed by atoms with E-state index in [2.05, 4.69) is 73.7 Å². The number of benzene rings is 2. The Morgan fingerprint density at radius 2 is 1.91 bits per heavy atom. The predicted octanol–water partition coefficient (Wildman–Crippen LogP) is 6.54. The first-order chi connectivity index (χ1) is 16.0. The number of anilines is 1. The number of thiocarbonyl (C=S) groups is 1. The minimum atomic E-state index is -0.193. The third-order valence-corrected chi connectivity index (χ3v) is 7.03. The molecule has 1 aliphatic rings. The highest BCUT2D eigenvalue weighted by molar-refractivity contribution is 7.80. The molecule has 0 radical (unpaired) electrons. The molecular weight excluding hydrogens is 448 g/mol. The van der Waals surface area contributed by atoms with E-state index < -0.39 is 0 Å². The van der Waals surface area contributed by atoms with Crippen LogP contribution in [0, 0.1) is 6.92 Å². The van der Waals surface area contributed by atoms with Crippen LogP contribution < -0.4 is 10.2 Å². The van der Waals surface area contributed by atoms with Crippen LogP contribution in [0.5, 0.6) is 0 Å². The van der Waals surface area contributed by atoms with E-state index in [4.69, 9.17) is 21.7 Å². The second-order valence-electron chi connectivity index (χ2n) is 8.05. The van der Waals surface area contributed by atoms with Crippen molar-refractivity contribution in [3.05, 3.63) is 94.3 Å². The topological polar surface area (TPSA) is 54.2 Å². The van der Waals surface area contributed by atoms with Crippen LogP contribution in [0.1, 0.15) is 42.5 Å². The highest BCUT2D eigenvalue weighted by Gasteiger charge is 2.34. The summed E-state index contributed by atoms with van der Waals surface area (Å²) in [5, 5.41) is 10.5. The molecule has 166 valence electrons. The first-order valence-electron chi connectivity index (χ1n) is 10.9. The zero-order chi connectivity index (χ0) is 22.9. The molecular formula is C26H24N4OS2. The number of nitrogens with zero attached hydrogens (tertiary/aromatic N) is 3. The Hall–Kier alpha value is -3.29. The smallest absolute Gasteiger partial charge is 0.258 e. The van der Waals surface area contributed by atoms with Gasteiger partial charge in [-0.2, -0.15) is 4.98 Å². The molecule has 5 nitrogen and oxygen atoms in total. The van der Waals surface area contributed by atoms with Crippen molar-refractivity contribution in [1.29, 1.82) is 0 Å². The van der Waals surface area contributed by atoms with Gasteiger partial charge in [0.1, 0.15) is 0 Å². The van der Waals surface area contributed by atoms with Gasteiger partial charge in [-0.3, -0.25) is 4.90 Å². The number of rotatable bonds is 5. The van der Waals surface area contributed by atoms with Gasteiger partial charge in [-0.1, -0.05) is 54.5 Å². The van der Waals surface area contributed by atoms with E-state index in [0.29, 0.717) is 16.8 Å². The van der Waals surface area contributed by atoms with Crippen molar-refractivity contribution in [1.82, 2.24) is 15.5 Å². The molecule has 33 heavy (non-hydrogen) atoms. The first kappa shape index (κ1) is 21.6. The van der Waals surface area contributed by atoms with Gasteiger partial charge in [0.15, 0.2) is 5.11 Å². The molecule has 1 N–H and O–H groups in total. The average molecular weight is 473 g/mol. The van der Waals surface area contributed by atoms with Gasteiger partial charge in [0, 0.05) is 11.4 Å². The molecule has 5 rings (SSSR count).